The number of halogens is 1. The van der Waals surface area contributed by atoms with E-state index in [9.17, 15) is 4.79 Å². The summed E-state index contributed by atoms with van der Waals surface area (Å²) in [6, 6.07) is 5.24. The van der Waals surface area contributed by atoms with E-state index in [0.29, 0.717) is 16.5 Å². The van der Waals surface area contributed by atoms with E-state index in [1.165, 1.54) is 0 Å². The van der Waals surface area contributed by atoms with Crippen LogP contribution >= 0.6 is 11.6 Å². The van der Waals surface area contributed by atoms with E-state index in [-0.39, 0.29) is 17.9 Å². The molecule has 84 valence electrons. The molecule has 0 saturated carbocycles. The molecule has 0 radical (unpaired) electrons. The van der Waals surface area contributed by atoms with Crippen molar-refractivity contribution in [2.24, 2.45) is 5.92 Å². The fourth-order valence-corrected chi connectivity index (χ4v) is 2.10. The molecule has 2 N–H and O–H groups in total. The Balaban J connectivity index is 1.89. The van der Waals surface area contributed by atoms with Crippen molar-refractivity contribution in [1.82, 2.24) is 5.32 Å². The van der Waals surface area contributed by atoms with Crippen molar-refractivity contribution in [3.63, 3.8) is 0 Å². The molecule has 2 aliphatic heterocycles. The van der Waals surface area contributed by atoms with Crippen molar-refractivity contribution in [2.75, 3.05) is 18.4 Å². The van der Waals surface area contributed by atoms with Gasteiger partial charge in [0.25, 0.3) is 5.91 Å². The van der Waals surface area contributed by atoms with Crippen LogP contribution < -0.4 is 15.4 Å². The number of nitrogens with one attached hydrogen (secondary N) is 2. The second-order valence-electron chi connectivity index (χ2n) is 4.09. The first kappa shape index (κ1) is 9.93. The molecular formula is C11H11ClN2O2. The number of hydrogen-bond acceptors (Lipinski definition) is 3. The number of hydrogen-bond donors (Lipinski definition) is 2. The fourth-order valence-electron chi connectivity index (χ4n) is 1.93. The van der Waals surface area contributed by atoms with Gasteiger partial charge >= 0.3 is 0 Å². The molecule has 2 aliphatic rings. The standard InChI is InChI=1S/C11H11ClN2O2/c12-7-1-2-9-8(3-7)14-11(15)10(16-9)6-4-13-5-6/h1-3,6,10,13H,4-5H2,(H,14,15). The van der Waals surface area contributed by atoms with Crippen LogP contribution in [0.25, 0.3) is 0 Å². The number of carbonyl (C=O) groups excluding carboxylic acids is 1. The van der Waals surface area contributed by atoms with Crippen molar-refractivity contribution in [3.8, 4) is 5.75 Å². The van der Waals surface area contributed by atoms with Crippen molar-refractivity contribution in [1.29, 1.82) is 0 Å². The van der Waals surface area contributed by atoms with Crippen molar-refractivity contribution >= 4 is 23.2 Å². The highest BCUT2D eigenvalue weighted by molar-refractivity contribution is 6.31. The van der Waals surface area contributed by atoms with E-state index in [1.54, 1.807) is 18.2 Å². The molecule has 5 heteroatoms. The molecule has 0 bridgehead atoms. The van der Waals surface area contributed by atoms with Gasteiger partial charge in [-0.15, -0.1) is 0 Å². The van der Waals surface area contributed by atoms with Gasteiger partial charge in [0, 0.05) is 24.0 Å². The molecule has 16 heavy (non-hydrogen) atoms. The summed E-state index contributed by atoms with van der Waals surface area (Å²) in [6.07, 6.45) is -0.380. The lowest BCUT2D eigenvalue weighted by Gasteiger charge is -2.36. The summed E-state index contributed by atoms with van der Waals surface area (Å²) in [5.41, 5.74) is 0.654. The lowest BCUT2D eigenvalue weighted by Crippen LogP contribution is -2.55. The fraction of sp³-hybridized carbons (Fsp3) is 0.364. The van der Waals surface area contributed by atoms with Gasteiger partial charge < -0.3 is 15.4 Å². The van der Waals surface area contributed by atoms with Crippen molar-refractivity contribution < 1.29 is 9.53 Å². The molecule has 0 aliphatic carbocycles. The number of amides is 1. The molecular weight excluding hydrogens is 228 g/mol. The molecule has 1 aromatic carbocycles. The van der Waals surface area contributed by atoms with Gasteiger partial charge in [0.2, 0.25) is 0 Å². The van der Waals surface area contributed by atoms with Gasteiger partial charge in [-0.2, -0.15) is 0 Å². The third-order valence-electron chi connectivity index (χ3n) is 2.95. The molecule has 1 amide bonds. The van der Waals surface area contributed by atoms with Crippen LogP contribution in [0.2, 0.25) is 5.02 Å². The van der Waals surface area contributed by atoms with Gasteiger partial charge in [0.05, 0.1) is 5.69 Å². The lowest BCUT2D eigenvalue weighted by molar-refractivity contribution is -0.126. The number of benzene rings is 1. The van der Waals surface area contributed by atoms with E-state index in [1.807, 2.05) is 0 Å². The zero-order valence-electron chi connectivity index (χ0n) is 8.50. The van der Waals surface area contributed by atoms with Crippen LogP contribution in [0, 0.1) is 5.92 Å². The highest BCUT2D eigenvalue weighted by Gasteiger charge is 2.37. The first-order valence-electron chi connectivity index (χ1n) is 5.22. The molecule has 1 fully saturated rings. The molecule has 1 unspecified atom stereocenters. The second-order valence-corrected chi connectivity index (χ2v) is 4.52. The topological polar surface area (TPSA) is 50.4 Å². The minimum Gasteiger partial charge on any atom is -0.478 e. The monoisotopic (exact) mass is 238 g/mol. The molecule has 4 nitrogen and oxygen atoms in total. The SMILES string of the molecule is O=C1Nc2cc(Cl)ccc2OC1C1CNC1. The Bertz CT molecular complexity index is 446. The Labute approximate surface area is 97.9 Å². The highest BCUT2D eigenvalue weighted by Crippen LogP contribution is 2.34. The van der Waals surface area contributed by atoms with Gasteiger partial charge in [-0.25, -0.2) is 0 Å². The Kier molecular flexibility index (Phi) is 2.26. The summed E-state index contributed by atoms with van der Waals surface area (Å²) in [5.74, 6) is 0.881. The van der Waals surface area contributed by atoms with Crippen molar-refractivity contribution in [3.05, 3.63) is 23.2 Å². The van der Waals surface area contributed by atoms with Crippen LogP contribution in [0.5, 0.6) is 5.75 Å². The first-order valence-corrected chi connectivity index (χ1v) is 5.59. The average Bonchev–Trinajstić information content (AvgIpc) is 2.16. The normalized spacial score (nSPS) is 24.1. The van der Waals surface area contributed by atoms with E-state index >= 15 is 0 Å². The van der Waals surface area contributed by atoms with E-state index < -0.39 is 0 Å². The zero-order valence-corrected chi connectivity index (χ0v) is 9.25. The maximum absolute atomic E-state index is 11.8. The summed E-state index contributed by atoms with van der Waals surface area (Å²) in [7, 11) is 0. The van der Waals surface area contributed by atoms with Crippen molar-refractivity contribution in [2.45, 2.75) is 6.10 Å². The highest BCUT2D eigenvalue weighted by atomic mass is 35.5. The van der Waals surface area contributed by atoms with Crippen LogP contribution in [-0.2, 0) is 4.79 Å². The van der Waals surface area contributed by atoms with E-state index in [2.05, 4.69) is 10.6 Å². The number of rotatable bonds is 1. The lowest BCUT2D eigenvalue weighted by atomic mass is 9.94. The Hall–Kier alpha value is -1.26. The number of ether oxygens (including phenoxy) is 1. The van der Waals surface area contributed by atoms with Crippen LogP contribution in [-0.4, -0.2) is 25.1 Å². The van der Waals surface area contributed by atoms with Gasteiger partial charge in [-0.1, -0.05) is 11.6 Å². The zero-order chi connectivity index (χ0) is 11.1. The van der Waals surface area contributed by atoms with Crippen LogP contribution in [0.1, 0.15) is 0 Å². The summed E-state index contributed by atoms with van der Waals surface area (Å²) < 4.78 is 5.69. The largest absolute Gasteiger partial charge is 0.478 e. The maximum atomic E-state index is 11.8. The Morgan fingerprint density at radius 3 is 2.88 bits per heavy atom. The second kappa shape index (κ2) is 3.64. The molecule has 3 rings (SSSR count). The minimum atomic E-state index is -0.380. The van der Waals surface area contributed by atoms with Crippen LogP contribution in [0.4, 0.5) is 5.69 Å². The third kappa shape index (κ3) is 1.54. The van der Waals surface area contributed by atoms with Gasteiger partial charge in [0.15, 0.2) is 6.10 Å². The molecule has 0 spiro atoms. The Morgan fingerprint density at radius 2 is 2.19 bits per heavy atom. The van der Waals surface area contributed by atoms with Crippen LogP contribution in [0.3, 0.4) is 0 Å². The molecule has 1 saturated heterocycles. The third-order valence-corrected chi connectivity index (χ3v) is 3.19. The van der Waals surface area contributed by atoms with E-state index in [4.69, 9.17) is 16.3 Å². The first-order chi connectivity index (χ1) is 7.74. The summed E-state index contributed by atoms with van der Waals surface area (Å²) in [6.45, 7) is 1.67. The average molecular weight is 239 g/mol. The maximum Gasteiger partial charge on any atom is 0.265 e. The predicted molar refractivity (Wildman–Crippen MR) is 60.9 cm³/mol. The minimum absolute atomic E-state index is 0.0822. The molecule has 2 heterocycles. The quantitative estimate of drug-likeness (QED) is 0.775. The van der Waals surface area contributed by atoms with E-state index in [0.717, 1.165) is 13.1 Å². The van der Waals surface area contributed by atoms with Crippen LogP contribution in [0.15, 0.2) is 18.2 Å². The number of fused-ring (bicyclic) bond motifs is 1. The summed E-state index contributed by atoms with van der Waals surface area (Å²) in [5, 5.41) is 6.54. The Morgan fingerprint density at radius 1 is 1.38 bits per heavy atom. The van der Waals surface area contributed by atoms with Gasteiger partial charge in [-0.3, -0.25) is 4.79 Å². The predicted octanol–water partition coefficient (Wildman–Crippen LogP) is 1.26. The molecule has 1 aromatic rings. The summed E-state index contributed by atoms with van der Waals surface area (Å²) in [4.78, 5) is 11.8. The molecule has 1 atom stereocenters. The number of carbonyl (C=O) groups is 1. The smallest absolute Gasteiger partial charge is 0.265 e. The van der Waals surface area contributed by atoms with Gasteiger partial charge in [0.1, 0.15) is 5.75 Å². The van der Waals surface area contributed by atoms with Gasteiger partial charge in [-0.05, 0) is 18.2 Å². The summed E-state index contributed by atoms with van der Waals surface area (Å²) >= 11 is 5.84. The molecule has 0 aromatic heterocycles. The number of anilines is 1.